The summed E-state index contributed by atoms with van der Waals surface area (Å²) in [5, 5.41) is 6.34. The molecule has 116 valence electrons. The summed E-state index contributed by atoms with van der Waals surface area (Å²) in [5.41, 5.74) is 0.639. The highest BCUT2D eigenvalue weighted by molar-refractivity contribution is 5.94. The number of aromatic nitrogens is 1. The minimum Gasteiger partial charge on any atom is -0.370 e. The third kappa shape index (κ3) is 4.73. The van der Waals surface area contributed by atoms with E-state index in [1.807, 2.05) is 12.1 Å². The van der Waals surface area contributed by atoms with Gasteiger partial charge >= 0.3 is 0 Å². The van der Waals surface area contributed by atoms with Gasteiger partial charge in [-0.1, -0.05) is 26.2 Å². The monoisotopic (exact) mass is 289 g/mol. The summed E-state index contributed by atoms with van der Waals surface area (Å²) in [5.74, 6) is 1.44. The lowest BCUT2D eigenvalue weighted by molar-refractivity contribution is 0.0919. The molecule has 4 nitrogen and oxygen atoms in total. The highest BCUT2D eigenvalue weighted by Gasteiger charge is 2.21. The number of amides is 1. The predicted molar refractivity (Wildman–Crippen MR) is 86.5 cm³/mol. The van der Waals surface area contributed by atoms with Gasteiger partial charge < -0.3 is 10.6 Å². The smallest absolute Gasteiger partial charge is 0.253 e. The molecule has 2 rings (SSSR count). The Morgan fingerprint density at radius 2 is 2.10 bits per heavy atom. The van der Waals surface area contributed by atoms with E-state index in [0.717, 1.165) is 18.8 Å². The van der Waals surface area contributed by atoms with E-state index in [4.69, 9.17) is 0 Å². The van der Waals surface area contributed by atoms with Gasteiger partial charge in [-0.15, -0.1) is 0 Å². The van der Waals surface area contributed by atoms with Gasteiger partial charge in [0.1, 0.15) is 5.82 Å². The molecule has 1 atom stereocenters. The van der Waals surface area contributed by atoms with Crippen LogP contribution in [0.2, 0.25) is 0 Å². The Morgan fingerprint density at radius 3 is 2.71 bits per heavy atom. The van der Waals surface area contributed by atoms with Gasteiger partial charge in [0.25, 0.3) is 5.91 Å². The van der Waals surface area contributed by atoms with Crippen LogP contribution in [-0.4, -0.2) is 23.5 Å². The number of anilines is 1. The Labute approximate surface area is 127 Å². The van der Waals surface area contributed by atoms with Crippen molar-refractivity contribution in [2.24, 2.45) is 5.92 Å². The number of carbonyl (C=O) groups excluding carboxylic acids is 1. The number of carbonyl (C=O) groups is 1. The lowest BCUT2D eigenvalue weighted by Crippen LogP contribution is -2.38. The minimum absolute atomic E-state index is 0.0115. The van der Waals surface area contributed by atoms with Gasteiger partial charge in [-0.3, -0.25) is 4.79 Å². The fourth-order valence-electron chi connectivity index (χ4n) is 2.93. The van der Waals surface area contributed by atoms with Crippen LogP contribution in [0, 0.1) is 5.92 Å². The predicted octanol–water partition coefficient (Wildman–Crippen LogP) is 3.60. The molecule has 1 saturated carbocycles. The Balaban J connectivity index is 1.87. The fourth-order valence-corrected chi connectivity index (χ4v) is 2.93. The van der Waals surface area contributed by atoms with Crippen LogP contribution in [0.5, 0.6) is 0 Å². The molecule has 1 fully saturated rings. The van der Waals surface area contributed by atoms with E-state index in [1.54, 1.807) is 6.20 Å². The summed E-state index contributed by atoms with van der Waals surface area (Å²) < 4.78 is 0. The molecule has 1 heterocycles. The molecular formula is C17H27N3O. The Bertz CT molecular complexity index is 438. The molecule has 21 heavy (non-hydrogen) atoms. The highest BCUT2D eigenvalue weighted by atomic mass is 16.1. The molecule has 4 heteroatoms. The van der Waals surface area contributed by atoms with Crippen molar-refractivity contribution in [2.75, 3.05) is 11.9 Å². The van der Waals surface area contributed by atoms with E-state index in [-0.39, 0.29) is 11.9 Å². The molecule has 0 spiro atoms. The molecule has 1 aromatic rings. The lowest BCUT2D eigenvalue weighted by Gasteiger charge is -2.28. The Morgan fingerprint density at radius 1 is 1.33 bits per heavy atom. The number of hydrogen-bond acceptors (Lipinski definition) is 3. The molecule has 0 bridgehead atoms. The fraction of sp³-hybridized carbons (Fsp3) is 0.647. The van der Waals surface area contributed by atoms with Gasteiger partial charge in [0.05, 0.1) is 5.56 Å². The van der Waals surface area contributed by atoms with E-state index in [0.29, 0.717) is 11.5 Å². The molecule has 1 aliphatic carbocycles. The number of nitrogens with zero attached hydrogens (tertiary/aromatic N) is 1. The van der Waals surface area contributed by atoms with Crippen LogP contribution in [0.25, 0.3) is 0 Å². The molecule has 1 amide bonds. The zero-order valence-corrected chi connectivity index (χ0v) is 13.2. The van der Waals surface area contributed by atoms with Crippen LogP contribution in [0.3, 0.4) is 0 Å². The molecule has 0 radical (unpaired) electrons. The van der Waals surface area contributed by atoms with Crippen LogP contribution < -0.4 is 10.6 Å². The van der Waals surface area contributed by atoms with Crippen molar-refractivity contribution < 1.29 is 4.79 Å². The first-order valence-electron chi connectivity index (χ1n) is 8.21. The second-order valence-corrected chi connectivity index (χ2v) is 6.02. The number of pyridine rings is 1. The van der Waals surface area contributed by atoms with E-state index in [1.165, 1.54) is 32.1 Å². The number of rotatable bonds is 6. The third-order valence-corrected chi connectivity index (χ3v) is 4.30. The van der Waals surface area contributed by atoms with Crippen molar-refractivity contribution in [3.05, 3.63) is 23.9 Å². The van der Waals surface area contributed by atoms with E-state index in [9.17, 15) is 4.79 Å². The first-order valence-corrected chi connectivity index (χ1v) is 8.21. The summed E-state index contributed by atoms with van der Waals surface area (Å²) >= 11 is 0. The average Bonchev–Trinajstić information content (AvgIpc) is 2.54. The third-order valence-electron chi connectivity index (χ3n) is 4.30. The lowest BCUT2D eigenvalue weighted by atomic mass is 9.84. The topological polar surface area (TPSA) is 54.0 Å². The summed E-state index contributed by atoms with van der Waals surface area (Å²) in [6.45, 7) is 5.14. The molecule has 1 unspecified atom stereocenters. The van der Waals surface area contributed by atoms with Gasteiger partial charge in [-0.05, 0) is 44.2 Å². The van der Waals surface area contributed by atoms with Crippen molar-refractivity contribution in [1.82, 2.24) is 10.3 Å². The van der Waals surface area contributed by atoms with E-state index >= 15 is 0 Å². The molecule has 2 N–H and O–H groups in total. The summed E-state index contributed by atoms with van der Waals surface area (Å²) in [6.07, 6.45) is 9.12. The number of nitrogens with one attached hydrogen (secondary N) is 2. The van der Waals surface area contributed by atoms with Gasteiger partial charge in [0.15, 0.2) is 0 Å². The van der Waals surface area contributed by atoms with Crippen molar-refractivity contribution >= 4 is 11.7 Å². The van der Waals surface area contributed by atoms with E-state index < -0.39 is 0 Å². The summed E-state index contributed by atoms with van der Waals surface area (Å²) in [6, 6.07) is 3.96. The van der Waals surface area contributed by atoms with Crippen LogP contribution in [0.1, 0.15) is 62.7 Å². The summed E-state index contributed by atoms with van der Waals surface area (Å²) in [7, 11) is 0. The van der Waals surface area contributed by atoms with E-state index in [2.05, 4.69) is 29.5 Å². The van der Waals surface area contributed by atoms with Gasteiger partial charge in [-0.25, -0.2) is 4.98 Å². The van der Waals surface area contributed by atoms with Crippen LogP contribution in [0.4, 0.5) is 5.82 Å². The maximum absolute atomic E-state index is 12.3. The van der Waals surface area contributed by atoms with Crippen LogP contribution >= 0.6 is 0 Å². The Hall–Kier alpha value is -1.58. The quantitative estimate of drug-likeness (QED) is 0.841. The number of hydrogen-bond donors (Lipinski definition) is 2. The maximum atomic E-state index is 12.3. The highest BCUT2D eigenvalue weighted by Crippen LogP contribution is 2.26. The largest absolute Gasteiger partial charge is 0.370 e. The second kappa shape index (κ2) is 8.01. The van der Waals surface area contributed by atoms with Crippen molar-refractivity contribution in [1.29, 1.82) is 0 Å². The first-order chi connectivity index (χ1) is 10.2. The molecule has 1 aromatic heterocycles. The Kier molecular flexibility index (Phi) is 6.03. The van der Waals surface area contributed by atoms with Crippen LogP contribution in [0.15, 0.2) is 18.3 Å². The SMILES string of the molecule is CCCNc1ccc(C(=O)NC(C)C2CCCCC2)cn1. The molecular weight excluding hydrogens is 262 g/mol. The van der Waals surface area contributed by atoms with Crippen molar-refractivity contribution in [3.63, 3.8) is 0 Å². The van der Waals surface area contributed by atoms with Gasteiger partial charge in [0, 0.05) is 18.8 Å². The zero-order chi connectivity index (χ0) is 15.1. The average molecular weight is 289 g/mol. The summed E-state index contributed by atoms with van der Waals surface area (Å²) in [4.78, 5) is 16.5. The standard InChI is InChI=1S/C17H27N3O/c1-3-11-18-16-10-9-15(12-19-16)17(21)20-13(2)14-7-5-4-6-8-14/h9-10,12-14H,3-8,11H2,1-2H3,(H,18,19)(H,20,21). The first kappa shape index (κ1) is 15.8. The maximum Gasteiger partial charge on any atom is 0.253 e. The minimum atomic E-state index is -0.0115. The van der Waals surface area contributed by atoms with Gasteiger partial charge in [-0.2, -0.15) is 0 Å². The molecule has 0 saturated heterocycles. The van der Waals surface area contributed by atoms with Gasteiger partial charge in [0.2, 0.25) is 0 Å². The molecule has 0 aromatic carbocycles. The normalized spacial score (nSPS) is 17.2. The second-order valence-electron chi connectivity index (χ2n) is 6.02. The van der Waals surface area contributed by atoms with Crippen LogP contribution in [-0.2, 0) is 0 Å². The molecule has 1 aliphatic rings. The zero-order valence-electron chi connectivity index (χ0n) is 13.2. The van der Waals surface area contributed by atoms with Crippen molar-refractivity contribution in [3.8, 4) is 0 Å². The van der Waals surface area contributed by atoms with Crippen molar-refractivity contribution in [2.45, 2.75) is 58.4 Å². The molecule has 0 aliphatic heterocycles.